The Bertz CT molecular complexity index is 314. The van der Waals surface area contributed by atoms with Crippen molar-refractivity contribution in [1.29, 1.82) is 0 Å². The first-order chi connectivity index (χ1) is 8.04. The van der Waals surface area contributed by atoms with Crippen LogP contribution in [0.25, 0.3) is 0 Å². The zero-order valence-corrected chi connectivity index (χ0v) is 10.3. The molecule has 0 bridgehead atoms. The highest BCUT2D eigenvalue weighted by Gasteiger charge is 2.29. The van der Waals surface area contributed by atoms with Crippen molar-refractivity contribution in [3.63, 3.8) is 0 Å². The summed E-state index contributed by atoms with van der Waals surface area (Å²) in [5.74, 6) is -1.29. The lowest BCUT2D eigenvalue weighted by atomic mass is 10.2. The topological polar surface area (TPSA) is 92.7 Å². The summed E-state index contributed by atoms with van der Waals surface area (Å²) in [6.07, 6.45) is 1.35. The molecule has 1 fully saturated rings. The van der Waals surface area contributed by atoms with Crippen molar-refractivity contribution in [3.05, 3.63) is 0 Å². The van der Waals surface area contributed by atoms with Crippen molar-refractivity contribution in [2.24, 2.45) is 0 Å². The summed E-state index contributed by atoms with van der Waals surface area (Å²) in [6, 6.07) is -1.21. The van der Waals surface area contributed by atoms with E-state index in [0.29, 0.717) is 0 Å². The number of hydrogen-bond acceptors (Lipinski definition) is 5. The molecule has 7 heteroatoms. The molecule has 1 rings (SSSR count). The molecule has 1 unspecified atom stereocenters. The Morgan fingerprint density at radius 3 is 2.71 bits per heavy atom. The molecule has 1 aliphatic heterocycles. The molecular weight excluding hydrogens is 246 g/mol. The Kier molecular flexibility index (Phi) is 5.27. The van der Waals surface area contributed by atoms with Crippen molar-refractivity contribution in [1.82, 2.24) is 5.32 Å². The Morgan fingerprint density at radius 1 is 1.53 bits per heavy atom. The van der Waals surface area contributed by atoms with E-state index in [0.717, 1.165) is 18.6 Å². The normalized spacial score (nSPS) is 20.6. The van der Waals surface area contributed by atoms with Crippen LogP contribution in [0.3, 0.4) is 0 Å². The van der Waals surface area contributed by atoms with E-state index in [-0.39, 0.29) is 17.6 Å². The van der Waals surface area contributed by atoms with Crippen molar-refractivity contribution >= 4 is 29.6 Å². The predicted molar refractivity (Wildman–Crippen MR) is 61.7 cm³/mol. The molecule has 0 saturated carbocycles. The van der Waals surface area contributed by atoms with Gasteiger partial charge in [-0.1, -0.05) is 0 Å². The molecule has 0 spiro atoms. The summed E-state index contributed by atoms with van der Waals surface area (Å²) >= 11 is 1.51. The number of carboxylic acids is 1. The number of carbonyl (C=O) groups excluding carboxylic acids is 2. The molecule has 1 aliphatic rings. The molecule has 0 aromatic carbocycles. The molecule has 0 aromatic rings. The first-order valence-electron chi connectivity index (χ1n) is 5.26. The number of ether oxygens (including phenoxy) is 1. The molecule has 1 amide bonds. The second-order valence-electron chi connectivity index (χ2n) is 3.68. The maximum Gasteiger partial charge on any atom is 0.326 e. The van der Waals surface area contributed by atoms with E-state index in [1.54, 1.807) is 0 Å². The number of amides is 1. The number of hydrogen-bond donors (Lipinski definition) is 2. The fourth-order valence-corrected chi connectivity index (χ4v) is 2.67. The van der Waals surface area contributed by atoms with Crippen LogP contribution in [0.1, 0.15) is 19.3 Å². The Hall–Kier alpha value is -1.24. The Labute approximate surface area is 103 Å². The molecule has 0 aliphatic carbocycles. The minimum absolute atomic E-state index is 0.200. The van der Waals surface area contributed by atoms with Gasteiger partial charge in [0.2, 0.25) is 5.91 Å². The molecule has 0 aromatic heterocycles. The second kappa shape index (κ2) is 6.48. The molecule has 6 nitrogen and oxygen atoms in total. The van der Waals surface area contributed by atoms with Crippen LogP contribution in [0, 0.1) is 0 Å². The highest BCUT2D eigenvalue weighted by molar-refractivity contribution is 8.00. The standard InChI is InChI=1S/C10H15NO5S/c1-16-8(12)5-6(10(14)15)11-9(13)7-3-2-4-17-7/h6-7H,2-5H2,1H3,(H,11,13)(H,14,15)/t6-,7?/m0/s1. The number of rotatable bonds is 5. The highest BCUT2D eigenvalue weighted by atomic mass is 32.2. The zero-order chi connectivity index (χ0) is 12.8. The lowest BCUT2D eigenvalue weighted by molar-refractivity contribution is -0.148. The quantitative estimate of drug-likeness (QED) is 0.677. The van der Waals surface area contributed by atoms with Gasteiger partial charge in [0.15, 0.2) is 0 Å². The second-order valence-corrected chi connectivity index (χ2v) is 4.99. The van der Waals surface area contributed by atoms with Crippen LogP contribution in [0.4, 0.5) is 0 Å². The van der Waals surface area contributed by atoms with Crippen molar-refractivity contribution in [3.8, 4) is 0 Å². The van der Waals surface area contributed by atoms with Gasteiger partial charge < -0.3 is 15.2 Å². The number of carbonyl (C=O) groups is 3. The summed E-state index contributed by atoms with van der Waals surface area (Å²) in [7, 11) is 1.18. The minimum Gasteiger partial charge on any atom is -0.480 e. The molecule has 96 valence electrons. The van der Waals surface area contributed by atoms with Crippen LogP contribution in [0.15, 0.2) is 0 Å². The summed E-state index contributed by atoms with van der Waals surface area (Å²) < 4.78 is 4.38. The lowest BCUT2D eigenvalue weighted by Gasteiger charge is -2.15. The van der Waals surface area contributed by atoms with E-state index in [1.165, 1.54) is 18.9 Å². The smallest absolute Gasteiger partial charge is 0.326 e. The fourth-order valence-electron chi connectivity index (χ4n) is 1.50. The molecule has 2 atom stereocenters. The SMILES string of the molecule is COC(=O)C[C@H](NC(=O)C1CCCS1)C(=O)O. The molecule has 17 heavy (non-hydrogen) atoms. The van der Waals surface area contributed by atoms with Gasteiger partial charge in [-0.05, 0) is 18.6 Å². The molecular formula is C10H15NO5S. The predicted octanol–water partition coefficient (Wildman–Crippen LogP) is 0.0145. The van der Waals surface area contributed by atoms with E-state index >= 15 is 0 Å². The summed E-state index contributed by atoms with van der Waals surface area (Å²) in [6.45, 7) is 0. The van der Waals surface area contributed by atoms with Crippen molar-refractivity contribution < 1.29 is 24.2 Å². The van der Waals surface area contributed by atoms with Gasteiger partial charge in [-0.15, -0.1) is 11.8 Å². The van der Waals surface area contributed by atoms with Crippen molar-refractivity contribution in [2.45, 2.75) is 30.6 Å². The average molecular weight is 261 g/mol. The summed E-state index contributed by atoms with van der Waals surface area (Å²) in [5, 5.41) is 11.0. The van der Waals surface area contributed by atoms with Crippen LogP contribution in [0.5, 0.6) is 0 Å². The van der Waals surface area contributed by atoms with Crippen LogP contribution in [0.2, 0.25) is 0 Å². The fraction of sp³-hybridized carbons (Fsp3) is 0.700. The lowest BCUT2D eigenvalue weighted by Crippen LogP contribution is -2.45. The third-order valence-corrected chi connectivity index (χ3v) is 3.81. The maximum atomic E-state index is 11.7. The van der Waals surface area contributed by atoms with Gasteiger partial charge >= 0.3 is 11.9 Å². The molecule has 1 heterocycles. The third kappa shape index (κ3) is 4.26. The number of aliphatic carboxylic acids is 1. The number of thioether (sulfide) groups is 1. The molecule has 0 radical (unpaired) electrons. The van der Waals surface area contributed by atoms with E-state index in [1.807, 2.05) is 0 Å². The summed E-state index contributed by atoms with van der Waals surface area (Å²) in [4.78, 5) is 33.5. The van der Waals surface area contributed by atoms with Crippen LogP contribution in [-0.2, 0) is 19.1 Å². The van der Waals surface area contributed by atoms with Gasteiger partial charge in [0.05, 0.1) is 18.8 Å². The number of methoxy groups -OCH3 is 1. The highest BCUT2D eigenvalue weighted by Crippen LogP contribution is 2.26. The van der Waals surface area contributed by atoms with Crippen LogP contribution >= 0.6 is 11.8 Å². The first kappa shape index (κ1) is 13.8. The van der Waals surface area contributed by atoms with E-state index in [9.17, 15) is 14.4 Å². The Balaban J connectivity index is 2.50. The third-order valence-electron chi connectivity index (χ3n) is 2.44. The van der Waals surface area contributed by atoms with Gasteiger partial charge in [-0.25, -0.2) is 4.79 Å². The number of esters is 1. The monoisotopic (exact) mass is 261 g/mol. The van der Waals surface area contributed by atoms with Gasteiger partial charge in [0.25, 0.3) is 0 Å². The van der Waals surface area contributed by atoms with E-state index < -0.39 is 18.0 Å². The Morgan fingerprint density at radius 2 is 2.24 bits per heavy atom. The minimum atomic E-state index is -1.23. The number of carboxylic acid groups (broad SMARTS) is 1. The molecule has 2 N–H and O–H groups in total. The van der Waals surface area contributed by atoms with Gasteiger partial charge in [0.1, 0.15) is 6.04 Å². The van der Waals surface area contributed by atoms with Crippen LogP contribution < -0.4 is 5.32 Å². The van der Waals surface area contributed by atoms with Gasteiger partial charge in [-0.3, -0.25) is 9.59 Å². The van der Waals surface area contributed by atoms with E-state index in [2.05, 4.69) is 10.1 Å². The molecule has 1 saturated heterocycles. The first-order valence-corrected chi connectivity index (χ1v) is 6.31. The van der Waals surface area contributed by atoms with Crippen molar-refractivity contribution in [2.75, 3.05) is 12.9 Å². The largest absolute Gasteiger partial charge is 0.480 e. The zero-order valence-electron chi connectivity index (χ0n) is 9.47. The maximum absolute atomic E-state index is 11.7. The van der Waals surface area contributed by atoms with E-state index in [4.69, 9.17) is 5.11 Å². The van der Waals surface area contributed by atoms with Gasteiger partial charge in [0, 0.05) is 0 Å². The summed E-state index contributed by atoms with van der Waals surface area (Å²) in [5.41, 5.74) is 0. The number of nitrogens with one attached hydrogen (secondary N) is 1. The van der Waals surface area contributed by atoms with Gasteiger partial charge in [-0.2, -0.15) is 0 Å². The average Bonchev–Trinajstić information content (AvgIpc) is 2.81. The van der Waals surface area contributed by atoms with Crippen LogP contribution in [-0.4, -0.2) is 47.1 Å².